The molecule has 2 amide bonds. The van der Waals surface area contributed by atoms with Crippen molar-refractivity contribution in [3.05, 3.63) is 40.4 Å². The van der Waals surface area contributed by atoms with Crippen LogP contribution in [0.1, 0.15) is 23.2 Å². The van der Waals surface area contributed by atoms with E-state index in [9.17, 15) is 9.59 Å². The molecular weight excluding hydrogens is 344 g/mol. The molecule has 6 nitrogen and oxygen atoms in total. The van der Waals surface area contributed by atoms with Crippen molar-refractivity contribution in [2.75, 3.05) is 5.75 Å². The number of thioether (sulfide) groups is 1. The second kappa shape index (κ2) is 8.72. The third-order valence-electron chi connectivity index (χ3n) is 2.54. The van der Waals surface area contributed by atoms with E-state index in [0.717, 1.165) is 10.1 Å². The second-order valence-electron chi connectivity index (χ2n) is 4.17. The first-order valence-electron chi connectivity index (χ1n) is 6.39. The molecule has 0 bridgehead atoms. The van der Waals surface area contributed by atoms with Crippen LogP contribution in [0.15, 0.2) is 34.1 Å². The van der Waals surface area contributed by atoms with Gasteiger partial charge in [0.05, 0.1) is 0 Å². The highest BCUT2D eigenvalue weighted by atomic mass is 35.5. The van der Waals surface area contributed by atoms with Crippen molar-refractivity contribution in [2.24, 2.45) is 0 Å². The SMILES string of the molecule is O=C(CCCSc1nncs1)NNC(=O)c1ccc(Cl)cc1. The number of benzene rings is 1. The summed E-state index contributed by atoms with van der Waals surface area (Å²) in [5.74, 6) is 0.154. The van der Waals surface area contributed by atoms with E-state index in [4.69, 9.17) is 11.6 Å². The van der Waals surface area contributed by atoms with Gasteiger partial charge < -0.3 is 0 Å². The lowest BCUT2D eigenvalue weighted by Gasteiger charge is -2.07. The van der Waals surface area contributed by atoms with Gasteiger partial charge in [-0.3, -0.25) is 20.4 Å². The van der Waals surface area contributed by atoms with E-state index < -0.39 is 0 Å². The molecule has 1 aromatic heterocycles. The van der Waals surface area contributed by atoms with Gasteiger partial charge in [0.15, 0.2) is 4.34 Å². The summed E-state index contributed by atoms with van der Waals surface area (Å²) in [6, 6.07) is 6.40. The first-order valence-corrected chi connectivity index (χ1v) is 8.63. The predicted molar refractivity (Wildman–Crippen MR) is 86.9 cm³/mol. The fourth-order valence-corrected chi connectivity index (χ4v) is 3.10. The topological polar surface area (TPSA) is 84.0 Å². The summed E-state index contributed by atoms with van der Waals surface area (Å²) in [6.45, 7) is 0. The number of nitrogens with one attached hydrogen (secondary N) is 2. The number of halogens is 1. The largest absolute Gasteiger partial charge is 0.273 e. The molecule has 0 saturated heterocycles. The molecule has 2 rings (SSSR count). The van der Waals surface area contributed by atoms with Gasteiger partial charge in [0.25, 0.3) is 5.91 Å². The smallest absolute Gasteiger partial charge is 0.269 e. The molecule has 1 heterocycles. The van der Waals surface area contributed by atoms with Crippen molar-refractivity contribution in [3.8, 4) is 0 Å². The Kier molecular flexibility index (Phi) is 6.63. The number of carbonyl (C=O) groups excluding carboxylic acids is 2. The van der Waals surface area contributed by atoms with Crippen LogP contribution in [0.25, 0.3) is 0 Å². The number of aromatic nitrogens is 2. The Morgan fingerprint density at radius 1 is 1.23 bits per heavy atom. The van der Waals surface area contributed by atoms with E-state index in [0.29, 0.717) is 23.4 Å². The Labute approximate surface area is 140 Å². The normalized spacial score (nSPS) is 10.2. The summed E-state index contributed by atoms with van der Waals surface area (Å²) in [7, 11) is 0. The molecular formula is C13H13ClN4O2S2. The Balaban J connectivity index is 1.62. The minimum atomic E-state index is -0.381. The van der Waals surface area contributed by atoms with Gasteiger partial charge in [0, 0.05) is 22.8 Å². The van der Waals surface area contributed by atoms with Crippen LogP contribution in [0.3, 0.4) is 0 Å². The third kappa shape index (κ3) is 5.63. The van der Waals surface area contributed by atoms with Crippen LogP contribution >= 0.6 is 34.7 Å². The van der Waals surface area contributed by atoms with Gasteiger partial charge in [-0.1, -0.05) is 34.7 Å². The molecule has 2 N–H and O–H groups in total. The standard InChI is InChI=1S/C13H13ClN4O2S2/c14-10-5-3-9(4-6-10)12(20)17-16-11(19)2-1-7-21-13-18-15-8-22-13/h3-6,8H,1-2,7H2,(H,16,19)(H,17,20). The van der Waals surface area contributed by atoms with Gasteiger partial charge in [-0.05, 0) is 30.7 Å². The van der Waals surface area contributed by atoms with Crippen LogP contribution in [-0.4, -0.2) is 27.8 Å². The molecule has 0 fully saturated rings. The van der Waals surface area contributed by atoms with Gasteiger partial charge >= 0.3 is 0 Å². The van der Waals surface area contributed by atoms with Gasteiger partial charge in [0.2, 0.25) is 5.91 Å². The number of amides is 2. The maximum absolute atomic E-state index is 11.8. The van der Waals surface area contributed by atoms with Gasteiger partial charge in [-0.15, -0.1) is 10.2 Å². The number of hydrazine groups is 1. The van der Waals surface area contributed by atoms with Crippen LogP contribution in [0.2, 0.25) is 5.02 Å². The lowest BCUT2D eigenvalue weighted by molar-refractivity contribution is -0.121. The lowest BCUT2D eigenvalue weighted by atomic mass is 10.2. The van der Waals surface area contributed by atoms with E-state index in [1.165, 1.54) is 11.3 Å². The van der Waals surface area contributed by atoms with Crippen molar-refractivity contribution < 1.29 is 9.59 Å². The average molecular weight is 357 g/mol. The molecule has 2 aromatic rings. The molecule has 0 unspecified atom stereocenters. The Morgan fingerprint density at radius 3 is 2.68 bits per heavy atom. The highest BCUT2D eigenvalue weighted by molar-refractivity contribution is 8.00. The highest BCUT2D eigenvalue weighted by Crippen LogP contribution is 2.19. The fourth-order valence-electron chi connectivity index (χ4n) is 1.48. The quantitative estimate of drug-likeness (QED) is 0.472. The minimum Gasteiger partial charge on any atom is -0.273 e. The molecule has 22 heavy (non-hydrogen) atoms. The van der Waals surface area contributed by atoms with Crippen LogP contribution in [0.5, 0.6) is 0 Å². The maximum atomic E-state index is 11.8. The molecule has 0 aliphatic carbocycles. The molecule has 0 atom stereocenters. The fraction of sp³-hybridized carbons (Fsp3) is 0.231. The summed E-state index contributed by atoms with van der Waals surface area (Å²) >= 11 is 8.77. The predicted octanol–water partition coefficient (Wildman–Crippen LogP) is 2.53. The Bertz CT molecular complexity index is 619. The lowest BCUT2D eigenvalue weighted by Crippen LogP contribution is -2.41. The van der Waals surface area contributed by atoms with Crippen LogP contribution in [-0.2, 0) is 4.79 Å². The third-order valence-corrected chi connectivity index (χ3v) is 4.73. The molecule has 0 saturated carbocycles. The van der Waals surface area contributed by atoms with E-state index in [1.807, 2.05) is 0 Å². The van der Waals surface area contributed by atoms with Crippen molar-refractivity contribution in [1.29, 1.82) is 0 Å². The molecule has 0 aliphatic rings. The zero-order valence-electron chi connectivity index (χ0n) is 11.4. The molecule has 116 valence electrons. The maximum Gasteiger partial charge on any atom is 0.269 e. The van der Waals surface area contributed by atoms with Crippen LogP contribution in [0, 0.1) is 0 Å². The molecule has 0 spiro atoms. The summed E-state index contributed by atoms with van der Waals surface area (Å²) in [5, 5.41) is 8.18. The number of hydrogen-bond donors (Lipinski definition) is 2. The van der Waals surface area contributed by atoms with Crippen molar-refractivity contribution in [2.45, 2.75) is 17.2 Å². The zero-order chi connectivity index (χ0) is 15.8. The van der Waals surface area contributed by atoms with Gasteiger partial charge in [-0.25, -0.2) is 0 Å². The highest BCUT2D eigenvalue weighted by Gasteiger charge is 2.07. The van der Waals surface area contributed by atoms with Crippen molar-refractivity contribution in [1.82, 2.24) is 21.0 Å². The van der Waals surface area contributed by atoms with Gasteiger partial charge in [-0.2, -0.15) is 0 Å². The Hall–Kier alpha value is -1.64. The average Bonchev–Trinajstić information content (AvgIpc) is 3.03. The molecule has 0 aliphatic heterocycles. The Morgan fingerprint density at radius 2 is 2.00 bits per heavy atom. The van der Waals surface area contributed by atoms with E-state index in [1.54, 1.807) is 41.5 Å². The molecule has 1 aromatic carbocycles. The van der Waals surface area contributed by atoms with Gasteiger partial charge in [0.1, 0.15) is 5.51 Å². The monoisotopic (exact) mass is 356 g/mol. The van der Waals surface area contributed by atoms with Crippen molar-refractivity contribution >= 4 is 46.5 Å². The second-order valence-corrected chi connectivity index (χ2v) is 6.78. The molecule has 0 radical (unpaired) electrons. The van der Waals surface area contributed by atoms with E-state index >= 15 is 0 Å². The number of nitrogens with zero attached hydrogens (tertiary/aromatic N) is 2. The molecule has 9 heteroatoms. The number of hydrogen-bond acceptors (Lipinski definition) is 6. The summed E-state index contributed by atoms with van der Waals surface area (Å²) in [4.78, 5) is 23.4. The first-order chi connectivity index (χ1) is 10.6. The van der Waals surface area contributed by atoms with Crippen LogP contribution in [0.4, 0.5) is 0 Å². The first kappa shape index (κ1) is 16.7. The van der Waals surface area contributed by atoms with E-state index in [-0.39, 0.29) is 11.8 Å². The van der Waals surface area contributed by atoms with E-state index in [2.05, 4.69) is 21.0 Å². The summed E-state index contributed by atoms with van der Waals surface area (Å²) in [5.41, 5.74) is 6.84. The summed E-state index contributed by atoms with van der Waals surface area (Å²) in [6.07, 6.45) is 1.01. The number of rotatable bonds is 6. The minimum absolute atomic E-state index is 0.236. The number of carbonyl (C=O) groups is 2. The van der Waals surface area contributed by atoms with Crippen LogP contribution < -0.4 is 10.9 Å². The zero-order valence-corrected chi connectivity index (χ0v) is 13.8. The summed E-state index contributed by atoms with van der Waals surface area (Å²) < 4.78 is 0.886. The van der Waals surface area contributed by atoms with Crippen molar-refractivity contribution in [3.63, 3.8) is 0 Å².